The number of halogens is 3. The van der Waals surface area contributed by atoms with Gasteiger partial charge in [0.1, 0.15) is 6.33 Å². The Labute approximate surface area is 170 Å². The standard InChI is InChI=1S/C21H19F3N6/c1-2-25-20-28-18(26-12-14-7-6-8-15(11-14)21(22,23)24)17-19(29-20)30(13-27-17)16-9-4-3-5-10-16/h3-11,13H,2,12H2,1H3,(H2,25,26,28,29). The molecule has 4 rings (SSSR count). The van der Waals surface area contributed by atoms with Crippen LogP contribution in [0.1, 0.15) is 18.1 Å². The molecule has 154 valence electrons. The minimum atomic E-state index is -4.38. The smallest absolute Gasteiger partial charge is 0.364 e. The van der Waals surface area contributed by atoms with E-state index >= 15 is 0 Å². The minimum absolute atomic E-state index is 0.166. The van der Waals surface area contributed by atoms with Crippen molar-refractivity contribution in [3.8, 4) is 5.69 Å². The Morgan fingerprint density at radius 2 is 1.77 bits per heavy atom. The summed E-state index contributed by atoms with van der Waals surface area (Å²) in [5, 5.41) is 6.20. The highest BCUT2D eigenvalue weighted by atomic mass is 19.4. The van der Waals surface area contributed by atoms with Crippen LogP contribution in [-0.2, 0) is 12.7 Å². The Hall–Kier alpha value is -3.62. The minimum Gasteiger partial charge on any atom is -0.364 e. The van der Waals surface area contributed by atoms with E-state index in [0.717, 1.165) is 17.8 Å². The van der Waals surface area contributed by atoms with Crippen molar-refractivity contribution < 1.29 is 13.2 Å². The zero-order chi connectivity index (χ0) is 21.1. The molecule has 9 heteroatoms. The number of nitrogens with one attached hydrogen (secondary N) is 2. The first-order valence-corrected chi connectivity index (χ1v) is 9.40. The van der Waals surface area contributed by atoms with Gasteiger partial charge >= 0.3 is 6.18 Å². The SMILES string of the molecule is CCNc1nc(NCc2cccc(C(F)(F)F)c2)c2ncn(-c3ccccc3)c2n1. The molecule has 0 fully saturated rings. The van der Waals surface area contributed by atoms with Gasteiger partial charge in [-0.15, -0.1) is 0 Å². The monoisotopic (exact) mass is 412 g/mol. The number of anilines is 2. The van der Waals surface area contributed by atoms with Gasteiger partial charge < -0.3 is 10.6 Å². The second-order valence-electron chi connectivity index (χ2n) is 6.60. The third-order valence-electron chi connectivity index (χ3n) is 4.48. The topological polar surface area (TPSA) is 67.7 Å². The van der Waals surface area contributed by atoms with Crippen LogP contribution < -0.4 is 10.6 Å². The summed E-state index contributed by atoms with van der Waals surface area (Å²) in [5.41, 5.74) is 1.83. The van der Waals surface area contributed by atoms with E-state index < -0.39 is 11.7 Å². The summed E-state index contributed by atoms with van der Waals surface area (Å²) in [6.07, 6.45) is -2.73. The van der Waals surface area contributed by atoms with Crippen LogP contribution in [0.5, 0.6) is 0 Å². The van der Waals surface area contributed by atoms with E-state index in [2.05, 4.69) is 25.6 Å². The van der Waals surface area contributed by atoms with Gasteiger partial charge in [-0.2, -0.15) is 23.1 Å². The Bertz CT molecular complexity index is 1150. The van der Waals surface area contributed by atoms with Crippen LogP contribution in [-0.4, -0.2) is 26.1 Å². The predicted molar refractivity (Wildman–Crippen MR) is 110 cm³/mol. The molecule has 0 aliphatic heterocycles. The number of benzene rings is 2. The number of imidazole rings is 1. The van der Waals surface area contributed by atoms with Gasteiger partial charge in [0.05, 0.1) is 5.56 Å². The highest BCUT2D eigenvalue weighted by molar-refractivity contribution is 5.85. The molecule has 30 heavy (non-hydrogen) atoms. The van der Waals surface area contributed by atoms with Crippen LogP contribution in [0.4, 0.5) is 24.9 Å². The van der Waals surface area contributed by atoms with Gasteiger partial charge in [-0.25, -0.2) is 4.98 Å². The first kappa shape index (κ1) is 19.7. The fourth-order valence-electron chi connectivity index (χ4n) is 3.08. The first-order valence-electron chi connectivity index (χ1n) is 9.40. The summed E-state index contributed by atoms with van der Waals surface area (Å²) >= 11 is 0. The van der Waals surface area contributed by atoms with Gasteiger partial charge in [0, 0.05) is 18.8 Å². The number of alkyl halides is 3. The molecule has 0 spiro atoms. The second-order valence-corrected chi connectivity index (χ2v) is 6.60. The largest absolute Gasteiger partial charge is 0.416 e. The summed E-state index contributed by atoms with van der Waals surface area (Å²) in [7, 11) is 0. The van der Waals surface area contributed by atoms with Gasteiger partial charge in [-0.1, -0.05) is 30.3 Å². The van der Waals surface area contributed by atoms with Crippen molar-refractivity contribution in [3.05, 3.63) is 72.1 Å². The van der Waals surface area contributed by atoms with E-state index in [9.17, 15) is 13.2 Å². The molecule has 6 nitrogen and oxygen atoms in total. The van der Waals surface area contributed by atoms with Crippen molar-refractivity contribution in [3.63, 3.8) is 0 Å². The van der Waals surface area contributed by atoms with Crippen LogP contribution in [0.15, 0.2) is 60.9 Å². The van der Waals surface area contributed by atoms with Crippen molar-refractivity contribution in [1.82, 2.24) is 19.5 Å². The molecule has 0 unspecified atom stereocenters. The molecule has 2 aromatic heterocycles. The average Bonchev–Trinajstić information content (AvgIpc) is 3.17. The fourth-order valence-corrected chi connectivity index (χ4v) is 3.08. The number of hydrogen-bond acceptors (Lipinski definition) is 5. The van der Waals surface area contributed by atoms with E-state index in [1.54, 1.807) is 12.4 Å². The van der Waals surface area contributed by atoms with Crippen molar-refractivity contribution in [2.45, 2.75) is 19.6 Å². The van der Waals surface area contributed by atoms with Crippen LogP contribution >= 0.6 is 0 Å². The molecule has 2 aromatic carbocycles. The number of nitrogens with zero attached hydrogens (tertiary/aromatic N) is 4. The molecule has 2 N–H and O–H groups in total. The lowest BCUT2D eigenvalue weighted by Crippen LogP contribution is -2.09. The third-order valence-corrected chi connectivity index (χ3v) is 4.48. The average molecular weight is 412 g/mol. The molecule has 0 bridgehead atoms. The fraction of sp³-hybridized carbons (Fsp3) is 0.190. The van der Waals surface area contributed by atoms with Gasteiger partial charge in [0.25, 0.3) is 0 Å². The van der Waals surface area contributed by atoms with E-state index in [-0.39, 0.29) is 6.54 Å². The van der Waals surface area contributed by atoms with Gasteiger partial charge in [0.2, 0.25) is 5.95 Å². The van der Waals surface area contributed by atoms with Gasteiger partial charge in [-0.05, 0) is 36.8 Å². The van der Waals surface area contributed by atoms with Crippen LogP contribution in [0.25, 0.3) is 16.9 Å². The predicted octanol–water partition coefficient (Wildman–Crippen LogP) is 4.88. The Morgan fingerprint density at radius 3 is 2.50 bits per heavy atom. The number of aromatic nitrogens is 4. The zero-order valence-electron chi connectivity index (χ0n) is 16.1. The summed E-state index contributed by atoms with van der Waals surface area (Å²) in [5.74, 6) is 0.859. The van der Waals surface area contributed by atoms with Crippen LogP contribution in [0.2, 0.25) is 0 Å². The second kappa shape index (κ2) is 8.02. The molecule has 0 aliphatic carbocycles. The Kier molecular flexibility index (Phi) is 5.26. The van der Waals surface area contributed by atoms with E-state index in [1.165, 1.54) is 6.07 Å². The van der Waals surface area contributed by atoms with Gasteiger partial charge in [0.15, 0.2) is 17.0 Å². The van der Waals surface area contributed by atoms with Gasteiger partial charge in [-0.3, -0.25) is 4.57 Å². The van der Waals surface area contributed by atoms with Crippen molar-refractivity contribution in [2.24, 2.45) is 0 Å². The van der Waals surface area contributed by atoms with E-state index in [1.807, 2.05) is 41.8 Å². The summed E-state index contributed by atoms with van der Waals surface area (Å²) in [6, 6.07) is 14.8. The third kappa shape index (κ3) is 4.05. The summed E-state index contributed by atoms with van der Waals surface area (Å²) in [6.45, 7) is 2.72. The molecule has 0 saturated carbocycles. The molecular formula is C21H19F3N6. The highest BCUT2D eigenvalue weighted by Gasteiger charge is 2.30. The summed E-state index contributed by atoms with van der Waals surface area (Å²) < 4.78 is 40.8. The number of hydrogen-bond donors (Lipinski definition) is 2. The molecule has 2 heterocycles. The maximum Gasteiger partial charge on any atom is 0.416 e. The molecule has 0 saturated heterocycles. The molecule has 0 amide bonds. The number of fused-ring (bicyclic) bond motifs is 1. The van der Waals surface area contributed by atoms with E-state index in [0.29, 0.717) is 35.0 Å². The van der Waals surface area contributed by atoms with Crippen LogP contribution in [0.3, 0.4) is 0 Å². The number of rotatable bonds is 6. The van der Waals surface area contributed by atoms with Crippen molar-refractivity contribution in [1.29, 1.82) is 0 Å². The zero-order valence-corrected chi connectivity index (χ0v) is 16.1. The van der Waals surface area contributed by atoms with Crippen molar-refractivity contribution in [2.75, 3.05) is 17.2 Å². The normalized spacial score (nSPS) is 11.6. The Balaban J connectivity index is 1.69. The maximum atomic E-state index is 13.0. The quantitative estimate of drug-likeness (QED) is 0.473. The van der Waals surface area contributed by atoms with Crippen molar-refractivity contribution >= 4 is 22.9 Å². The molecule has 0 aliphatic rings. The molecular weight excluding hydrogens is 393 g/mol. The molecule has 0 radical (unpaired) electrons. The van der Waals surface area contributed by atoms with E-state index in [4.69, 9.17) is 0 Å². The lowest BCUT2D eigenvalue weighted by atomic mass is 10.1. The highest BCUT2D eigenvalue weighted by Crippen LogP contribution is 2.30. The lowest BCUT2D eigenvalue weighted by Gasteiger charge is -2.12. The first-order chi connectivity index (χ1) is 14.5. The van der Waals surface area contributed by atoms with Crippen LogP contribution in [0, 0.1) is 0 Å². The Morgan fingerprint density at radius 1 is 0.967 bits per heavy atom. The molecule has 4 aromatic rings. The molecule has 0 atom stereocenters. The maximum absolute atomic E-state index is 13.0. The summed E-state index contributed by atoms with van der Waals surface area (Å²) in [4.78, 5) is 13.4. The lowest BCUT2D eigenvalue weighted by molar-refractivity contribution is -0.137. The number of para-hydroxylation sites is 1.